The van der Waals surface area contributed by atoms with Crippen LogP contribution in [0, 0.1) is 5.92 Å². The number of hydrogen-bond acceptors (Lipinski definition) is 7. The zero-order valence-corrected chi connectivity index (χ0v) is 30.2. The minimum absolute atomic E-state index is 0.0929. The summed E-state index contributed by atoms with van der Waals surface area (Å²) in [5.41, 5.74) is 3.50. The highest BCUT2D eigenvalue weighted by atomic mass is 32.1. The SMILES string of the molecule is CCCCCCCOc1ccc(-c2cnc(-c3ccc(C[C@H](NC(=O)c4ccc(C(C)(C)C)s4)C(=O)NC4CC(C(=O)O)C4)cc3)nc2)cc1. The summed E-state index contributed by atoms with van der Waals surface area (Å²) in [4.78, 5) is 48.8. The van der Waals surface area contributed by atoms with Gasteiger partial charge in [-0.15, -0.1) is 11.3 Å². The van der Waals surface area contributed by atoms with Crippen molar-refractivity contribution >= 4 is 29.1 Å². The van der Waals surface area contributed by atoms with Gasteiger partial charge in [0.15, 0.2) is 5.82 Å². The van der Waals surface area contributed by atoms with Crippen LogP contribution in [0.1, 0.15) is 92.8 Å². The fourth-order valence-electron chi connectivity index (χ4n) is 5.83. The second kappa shape index (κ2) is 16.9. The number of ether oxygens (including phenoxy) is 1. The number of carboxylic acids is 1. The van der Waals surface area contributed by atoms with Crippen LogP contribution in [0.2, 0.25) is 0 Å². The van der Waals surface area contributed by atoms with E-state index < -0.39 is 17.9 Å². The van der Waals surface area contributed by atoms with E-state index in [2.05, 4.69) is 48.3 Å². The first-order chi connectivity index (χ1) is 24.0. The Balaban J connectivity index is 1.21. The molecule has 0 saturated heterocycles. The zero-order valence-electron chi connectivity index (χ0n) is 29.4. The highest BCUT2D eigenvalue weighted by Gasteiger charge is 2.36. The summed E-state index contributed by atoms with van der Waals surface area (Å²) in [7, 11) is 0. The van der Waals surface area contributed by atoms with Crippen LogP contribution in [0.3, 0.4) is 0 Å². The molecule has 1 aliphatic rings. The lowest BCUT2D eigenvalue weighted by molar-refractivity contribution is -0.146. The third kappa shape index (κ3) is 10.00. The minimum atomic E-state index is -0.853. The number of carbonyl (C=O) groups excluding carboxylic acids is 2. The van der Waals surface area contributed by atoms with Crippen LogP contribution in [0.15, 0.2) is 73.1 Å². The first-order valence-electron chi connectivity index (χ1n) is 17.6. The molecule has 264 valence electrons. The summed E-state index contributed by atoms with van der Waals surface area (Å²) in [6.07, 6.45) is 10.7. The summed E-state index contributed by atoms with van der Waals surface area (Å²) in [5, 5.41) is 15.1. The number of benzene rings is 2. The number of aliphatic carboxylic acids is 1. The van der Waals surface area contributed by atoms with E-state index in [1.165, 1.54) is 37.0 Å². The average molecular weight is 697 g/mol. The van der Waals surface area contributed by atoms with Crippen LogP contribution in [-0.2, 0) is 21.4 Å². The maximum absolute atomic E-state index is 13.4. The Bertz CT molecular complexity index is 1720. The quantitative estimate of drug-likeness (QED) is 0.102. The zero-order chi connectivity index (χ0) is 35.7. The molecule has 2 heterocycles. The molecule has 10 heteroatoms. The number of hydrogen-bond donors (Lipinski definition) is 3. The first-order valence-corrected chi connectivity index (χ1v) is 18.4. The highest BCUT2D eigenvalue weighted by molar-refractivity contribution is 7.14. The molecule has 0 bridgehead atoms. The lowest BCUT2D eigenvalue weighted by atomic mass is 9.80. The van der Waals surface area contributed by atoms with Gasteiger partial charge in [-0.2, -0.15) is 0 Å². The van der Waals surface area contributed by atoms with E-state index in [0.29, 0.717) is 23.5 Å². The van der Waals surface area contributed by atoms with E-state index in [1.807, 2.05) is 54.6 Å². The summed E-state index contributed by atoms with van der Waals surface area (Å²) >= 11 is 1.42. The van der Waals surface area contributed by atoms with Gasteiger partial charge in [0.25, 0.3) is 5.91 Å². The molecule has 1 atom stereocenters. The Morgan fingerprint density at radius 1 is 0.880 bits per heavy atom. The van der Waals surface area contributed by atoms with Crippen molar-refractivity contribution in [2.45, 2.75) is 96.6 Å². The smallest absolute Gasteiger partial charge is 0.306 e. The lowest BCUT2D eigenvalue weighted by Gasteiger charge is -2.34. The van der Waals surface area contributed by atoms with Crippen molar-refractivity contribution in [3.05, 3.63) is 88.4 Å². The molecular formula is C40H48N4O5S. The molecule has 1 fully saturated rings. The van der Waals surface area contributed by atoms with Gasteiger partial charge in [0.05, 0.1) is 17.4 Å². The molecule has 9 nitrogen and oxygen atoms in total. The molecule has 0 spiro atoms. The normalized spacial score (nSPS) is 16.2. The van der Waals surface area contributed by atoms with Crippen LogP contribution in [-0.4, -0.2) is 51.5 Å². The first kappa shape index (κ1) is 36.7. The van der Waals surface area contributed by atoms with E-state index in [9.17, 15) is 19.5 Å². The molecule has 5 rings (SSSR count). The predicted octanol–water partition coefficient (Wildman–Crippen LogP) is 7.84. The van der Waals surface area contributed by atoms with E-state index >= 15 is 0 Å². The maximum Gasteiger partial charge on any atom is 0.306 e. The largest absolute Gasteiger partial charge is 0.494 e. The second-order valence-electron chi connectivity index (χ2n) is 14.1. The van der Waals surface area contributed by atoms with Crippen LogP contribution in [0.4, 0.5) is 0 Å². The number of unbranched alkanes of at least 4 members (excludes halogenated alkanes) is 4. The van der Waals surface area contributed by atoms with Crippen LogP contribution < -0.4 is 15.4 Å². The summed E-state index contributed by atoms with van der Waals surface area (Å²) in [6, 6.07) is 18.3. The Labute approximate surface area is 298 Å². The van der Waals surface area contributed by atoms with Gasteiger partial charge in [-0.25, -0.2) is 9.97 Å². The number of aromatic nitrogens is 2. The van der Waals surface area contributed by atoms with Gasteiger partial charge in [0.1, 0.15) is 11.8 Å². The number of nitrogens with zero attached hydrogens (tertiary/aromatic N) is 2. The Kier molecular flexibility index (Phi) is 12.4. The molecule has 0 radical (unpaired) electrons. The molecule has 2 aromatic heterocycles. The Hall–Kier alpha value is -4.57. The lowest BCUT2D eigenvalue weighted by Crippen LogP contribution is -2.54. The van der Waals surface area contributed by atoms with Gasteiger partial charge < -0.3 is 20.5 Å². The predicted molar refractivity (Wildman–Crippen MR) is 197 cm³/mol. The number of rotatable bonds is 16. The van der Waals surface area contributed by atoms with E-state index in [0.717, 1.165) is 45.9 Å². The molecule has 3 N–H and O–H groups in total. The van der Waals surface area contributed by atoms with Gasteiger partial charge in [0, 0.05) is 40.9 Å². The van der Waals surface area contributed by atoms with Crippen molar-refractivity contribution in [2.24, 2.45) is 5.92 Å². The van der Waals surface area contributed by atoms with Gasteiger partial charge in [-0.05, 0) is 60.1 Å². The number of carbonyl (C=O) groups is 3. The van der Waals surface area contributed by atoms with Crippen LogP contribution in [0.25, 0.3) is 22.5 Å². The fourth-order valence-corrected chi connectivity index (χ4v) is 6.80. The molecule has 1 saturated carbocycles. The third-order valence-electron chi connectivity index (χ3n) is 9.03. The monoisotopic (exact) mass is 696 g/mol. The summed E-state index contributed by atoms with van der Waals surface area (Å²) < 4.78 is 5.89. The van der Waals surface area contributed by atoms with E-state index in [1.54, 1.807) is 18.5 Å². The number of thiophene rings is 1. The van der Waals surface area contributed by atoms with Gasteiger partial charge >= 0.3 is 5.97 Å². The fraction of sp³-hybridized carbons (Fsp3) is 0.425. The maximum atomic E-state index is 13.4. The number of nitrogens with one attached hydrogen (secondary N) is 2. The summed E-state index contributed by atoms with van der Waals surface area (Å²) in [5.74, 6) is -0.505. The molecule has 1 aliphatic carbocycles. The molecule has 0 unspecified atom stereocenters. The van der Waals surface area contributed by atoms with Gasteiger partial charge in [-0.1, -0.05) is 89.8 Å². The van der Waals surface area contributed by atoms with Crippen molar-refractivity contribution < 1.29 is 24.2 Å². The van der Waals surface area contributed by atoms with Crippen molar-refractivity contribution in [3.8, 4) is 28.3 Å². The molecule has 2 aromatic carbocycles. The Morgan fingerprint density at radius 3 is 2.16 bits per heavy atom. The number of carboxylic acid groups (broad SMARTS) is 1. The third-order valence-corrected chi connectivity index (χ3v) is 10.5. The number of amides is 2. The standard InChI is InChI=1S/C40H48N4O5S/c1-5-6-7-8-9-20-49-32-16-14-27(15-17-32)30-24-41-36(42-25-30)28-12-10-26(11-13-28)21-33(37(45)43-31-22-29(23-31)39(47)48)44-38(46)34-18-19-35(50-34)40(2,3)4/h10-19,24-25,29,31,33H,5-9,20-23H2,1-4H3,(H,43,45)(H,44,46)(H,47,48)/t29?,31?,33-/m0/s1. The van der Waals surface area contributed by atoms with Crippen LogP contribution >= 0.6 is 11.3 Å². The molecular weight excluding hydrogens is 649 g/mol. The molecule has 4 aromatic rings. The average Bonchev–Trinajstić information content (AvgIpc) is 3.60. The topological polar surface area (TPSA) is 131 Å². The van der Waals surface area contributed by atoms with Crippen molar-refractivity contribution in [1.29, 1.82) is 0 Å². The molecule has 50 heavy (non-hydrogen) atoms. The Morgan fingerprint density at radius 2 is 1.54 bits per heavy atom. The molecule has 0 aliphatic heterocycles. The van der Waals surface area contributed by atoms with Crippen molar-refractivity contribution in [3.63, 3.8) is 0 Å². The van der Waals surface area contributed by atoms with Crippen molar-refractivity contribution in [2.75, 3.05) is 6.61 Å². The van der Waals surface area contributed by atoms with Crippen molar-refractivity contribution in [1.82, 2.24) is 20.6 Å². The van der Waals surface area contributed by atoms with Gasteiger partial charge in [-0.3, -0.25) is 14.4 Å². The summed E-state index contributed by atoms with van der Waals surface area (Å²) in [6.45, 7) is 9.22. The van der Waals surface area contributed by atoms with Crippen LogP contribution in [0.5, 0.6) is 5.75 Å². The highest BCUT2D eigenvalue weighted by Crippen LogP contribution is 2.30. The minimum Gasteiger partial charge on any atom is -0.494 e. The molecule has 2 amide bonds. The second-order valence-corrected chi connectivity index (χ2v) is 15.2. The van der Waals surface area contributed by atoms with Gasteiger partial charge in [0.2, 0.25) is 5.91 Å². The van der Waals surface area contributed by atoms with E-state index in [-0.39, 0.29) is 29.7 Å². The van der Waals surface area contributed by atoms with E-state index in [4.69, 9.17) is 4.74 Å².